The largest absolute Gasteiger partial charge is 0.493 e. The number of carboxylic acids is 1. The topological polar surface area (TPSA) is 81.8 Å². The molecule has 0 saturated heterocycles. The fraction of sp³-hybridized carbons (Fsp3) is 0.394. The van der Waals surface area contributed by atoms with Crippen molar-refractivity contribution in [2.75, 3.05) is 6.61 Å². The van der Waals surface area contributed by atoms with Gasteiger partial charge < -0.3 is 19.0 Å². The first kappa shape index (κ1) is 28.0. The predicted molar refractivity (Wildman–Crippen MR) is 157 cm³/mol. The highest BCUT2D eigenvalue weighted by atomic mass is 32.1. The van der Waals surface area contributed by atoms with Gasteiger partial charge in [0.1, 0.15) is 17.3 Å². The van der Waals surface area contributed by atoms with E-state index in [0.29, 0.717) is 37.0 Å². The van der Waals surface area contributed by atoms with Crippen molar-refractivity contribution in [3.8, 4) is 22.3 Å². The molecule has 7 heteroatoms. The third-order valence-corrected chi connectivity index (χ3v) is 8.73. The number of aryl methyl sites for hydroxylation is 1. The van der Waals surface area contributed by atoms with Gasteiger partial charge in [-0.25, -0.2) is 9.78 Å². The molecule has 40 heavy (non-hydrogen) atoms. The molecule has 1 unspecified atom stereocenters. The van der Waals surface area contributed by atoms with Crippen LogP contribution >= 0.6 is 11.3 Å². The van der Waals surface area contributed by atoms with Gasteiger partial charge in [-0.3, -0.25) is 0 Å². The molecule has 2 aromatic carbocycles. The SMILES string of the molecule is CCC(Cc1ccc(OCCc2nc(-c3cccs3)oc2C)cc1)(Oc1ccc(C2CCCCC2)cc1)C(=O)O. The summed E-state index contributed by atoms with van der Waals surface area (Å²) >= 11 is 1.60. The number of aromatic nitrogens is 1. The van der Waals surface area contributed by atoms with E-state index in [1.807, 2.05) is 67.8 Å². The van der Waals surface area contributed by atoms with Crippen LogP contribution in [0.3, 0.4) is 0 Å². The van der Waals surface area contributed by atoms with Crippen molar-refractivity contribution in [2.24, 2.45) is 0 Å². The standard InChI is InChI=1S/C33H37NO5S/c1-3-33(32(35)36,39-28-17-13-26(14-18-28)25-8-5-4-6-9-25)22-24-11-15-27(16-12-24)37-20-19-29-23(2)38-31(34-29)30-10-7-21-40-30/h7,10-18,21,25H,3-6,8-9,19-20,22H2,1-2H3,(H,35,36). The van der Waals surface area contributed by atoms with Crippen LogP contribution < -0.4 is 9.47 Å². The first-order valence-electron chi connectivity index (χ1n) is 14.2. The lowest BCUT2D eigenvalue weighted by molar-refractivity contribution is -0.155. The summed E-state index contributed by atoms with van der Waals surface area (Å²) in [6, 6.07) is 19.6. The van der Waals surface area contributed by atoms with Gasteiger partial charge in [-0.1, -0.05) is 56.5 Å². The predicted octanol–water partition coefficient (Wildman–Crippen LogP) is 8.24. The Labute approximate surface area is 240 Å². The Morgan fingerprint density at radius 2 is 1.77 bits per heavy atom. The maximum absolute atomic E-state index is 12.5. The molecule has 210 valence electrons. The summed E-state index contributed by atoms with van der Waals surface area (Å²) in [6.07, 6.45) is 7.57. The summed E-state index contributed by atoms with van der Waals surface area (Å²) in [7, 11) is 0. The van der Waals surface area contributed by atoms with Crippen LogP contribution in [0, 0.1) is 6.92 Å². The lowest BCUT2D eigenvalue weighted by atomic mass is 9.84. The highest BCUT2D eigenvalue weighted by molar-refractivity contribution is 7.13. The summed E-state index contributed by atoms with van der Waals surface area (Å²) < 4.78 is 18.0. The molecule has 1 N–H and O–H groups in total. The van der Waals surface area contributed by atoms with E-state index < -0.39 is 11.6 Å². The monoisotopic (exact) mass is 559 g/mol. The van der Waals surface area contributed by atoms with Crippen LogP contribution in [0.2, 0.25) is 0 Å². The molecule has 1 atom stereocenters. The Morgan fingerprint density at radius 1 is 1.05 bits per heavy atom. The number of aliphatic carboxylic acids is 1. The molecule has 1 aliphatic carbocycles. The van der Waals surface area contributed by atoms with Crippen LogP contribution in [-0.4, -0.2) is 28.3 Å². The third-order valence-electron chi connectivity index (χ3n) is 7.88. The first-order chi connectivity index (χ1) is 19.5. The first-order valence-corrected chi connectivity index (χ1v) is 15.1. The van der Waals surface area contributed by atoms with Crippen molar-refractivity contribution < 1.29 is 23.8 Å². The van der Waals surface area contributed by atoms with Gasteiger partial charge in [-0.15, -0.1) is 11.3 Å². The molecule has 6 nitrogen and oxygen atoms in total. The number of hydrogen-bond acceptors (Lipinski definition) is 6. The highest BCUT2D eigenvalue weighted by Crippen LogP contribution is 2.34. The Bertz CT molecular complexity index is 1370. The van der Waals surface area contributed by atoms with Gasteiger partial charge in [-0.05, 0) is 78.9 Å². The molecule has 2 heterocycles. The van der Waals surface area contributed by atoms with Gasteiger partial charge >= 0.3 is 5.97 Å². The molecule has 0 amide bonds. The van der Waals surface area contributed by atoms with Gasteiger partial charge in [0.25, 0.3) is 0 Å². The zero-order chi connectivity index (χ0) is 28.0. The Kier molecular flexibility index (Phi) is 8.90. The average molecular weight is 560 g/mol. The van der Waals surface area contributed by atoms with Crippen molar-refractivity contribution in [3.05, 3.63) is 88.6 Å². The van der Waals surface area contributed by atoms with E-state index in [-0.39, 0.29) is 6.42 Å². The number of thiophene rings is 1. The van der Waals surface area contributed by atoms with Crippen molar-refractivity contribution in [1.29, 1.82) is 0 Å². The summed E-state index contributed by atoms with van der Waals surface area (Å²) in [4.78, 5) is 18.1. The van der Waals surface area contributed by atoms with E-state index in [1.165, 1.54) is 37.7 Å². The van der Waals surface area contributed by atoms with Crippen molar-refractivity contribution >= 4 is 17.3 Å². The molecule has 0 radical (unpaired) electrons. The van der Waals surface area contributed by atoms with Crippen molar-refractivity contribution in [1.82, 2.24) is 4.98 Å². The molecule has 0 aliphatic heterocycles. The second-order valence-electron chi connectivity index (χ2n) is 10.6. The molecule has 5 rings (SSSR count). The van der Waals surface area contributed by atoms with Crippen LogP contribution in [0.15, 0.2) is 70.5 Å². The van der Waals surface area contributed by atoms with E-state index in [2.05, 4.69) is 17.1 Å². The molecule has 2 aromatic heterocycles. The van der Waals surface area contributed by atoms with Crippen LogP contribution in [0.25, 0.3) is 10.8 Å². The molecule has 0 bridgehead atoms. The highest BCUT2D eigenvalue weighted by Gasteiger charge is 2.39. The van der Waals surface area contributed by atoms with Gasteiger partial charge in [-0.2, -0.15) is 0 Å². The molecule has 4 aromatic rings. The lowest BCUT2D eigenvalue weighted by Gasteiger charge is -2.30. The van der Waals surface area contributed by atoms with E-state index in [0.717, 1.165) is 27.6 Å². The minimum absolute atomic E-state index is 0.257. The smallest absolute Gasteiger partial charge is 0.348 e. The average Bonchev–Trinajstić information content (AvgIpc) is 3.64. The van der Waals surface area contributed by atoms with E-state index in [9.17, 15) is 9.90 Å². The minimum atomic E-state index is -1.35. The summed E-state index contributed by atoms with van der Waals surface area (Å²) in [6.45, 7) is 4.24. The number of benzene rings is 2. The zero-order valence-corrected chi connectivity index (χ0v) is 24.0. The van der Waals surface area contributed by atoms with E-state index >= 15 is 0 Å². The van der Waals surface area contributed by atoms with Crippen LogP contribution in [0.4, 0.5) is 0 Å². The summed E-state index contributed by atoms with van der Waals surface area (Å²) in [5.41, 5.74) is 1.74. The number of rotatable bonds is 12. The van der Waals surface area contributed by atoms with Crippen molar-refractivity contribution in [3.63, 3.8) is 0 Å². The van der Waals surface area contributed by atoms with Gasteiger partial charge in [0.2, 0.25) is 11.5 Å². The van der Waals surface area contributed by atoms with Gasteiger partial charge in [0.15, 0.2) is 0 Å². The Balaban J connectivity index is 1.18. The minimum Gasteiger partial charge on any atom is -0.493 e. The maximum atomic E-state index is 12.5. The molecular formula is C33H37NO5S. The number of hydrogen-bond donors (Lipinski definition) is 1. The zero-order valence-electron chi connectivity index (χ0n) is 23.2. The van der Waals surface area contributed by atoms with Crippen LogP contribution in [0.5, 0.6) is 11.5 Å². The Hall–Kier alpha value is -3.58. The fourth-order valence-electron chi connectivity index (χ4n) is 5.44. The maximum Gasteiger partial charge on any atom is 0.348 e. The number of nitrogens with zero attached hydrogens (tertiary/aromatic N) is 1. The normalized spacial score (nSPS) is 15.4. The number of carbonyl (C=O) groups is 1. The number of carboxylic acid groups (broad SMARTS) is 1. The second kappa shape index (κ2) is 12.7. The molecule has 1 saturated carbocycles. The van der Waals surface area contributed by atoms with Gasteiger partial charge in [0, 0.05) is 12.8 Å². The van der Waals surface area contributed by atoms with E-state index in [4.69, 9.17) is 13.9 Å². The lowest BCUT2D eigenvalue weighted by Crippen LogP contribution is -2.46. The third kappa shape index (κ3) is 6.58. The number of oxazole rings is 1. The Morgan fingerprint density at radius 3 is 2.42 bits per heavy atom. The molecule has 0 spiro atoms. The summed E-state index contributed by atoms with van der Waals surface area (Å²) in [5.74, 6) is 2.40. The fourth-order valence-corrected chi connectivity index (χ4v) is 6.09. The number of ether oxygens (including phenoxy) is 2. The van der Waals surface area contributed by atoms with Crippen LogP contribution in [-0.2, 0) is 17.6 Å². The molecule has 1 fully saturated rings. The molecular weight excluding hydrogens is 522 g/mol. The van der Waals surface area contributed by atoms with Crippen molar-refractivity contribution in [2.45, 2.75) is 76.7 Å². The van der Waals surface area contributed by atoms with Crippen LogP contribution in [0.1, 0.15) is 73.9 Å². The quantitative estimate of drug-likeness (QED) is 0.188. The van der Waals surface area contributed by atoms with E-state index in [1.54, 1.807) is 11.3 Å². The second-order valence-corrected chi connectivity index (χ2v) is 11.5. The molecule has 1 aliphatic rings. The van der Waals surface area contributed by atoms with Gasteiger partial charge in [0.05, 0.1) is 17.2 Å². The summed E-state index contributed by atoms with van der Waals surface area (Å²) in [5, 5.41) is 12.2.